The van der Waals surface area contributed by atoms with E-state index < -0.39 is 18.0 Å². The van der Waals surface area contributed by atoms with E-state index in [0.29, 0.717) is 6.54 Å². The number of hydrogen-bond donors (Lipinski definition) is 3. The molecule has 0 aromatic carbocycles. The van der Waals surface area contributed by atoms with Gasteiger partial charge in [-0.25, -0.2) is 4.79 Å². The third-order valence-corrected chi connectivity index (χ3v) is 1.21. The Morgan fingerprint density at radius 3 is 2.67 bits per heavy atom. The summed E-state index contributed by atoms with van der Waals surface area (Å²) in [5.74, 6) is -0.440. The highest BCUT2D eigenvalue weighted by Gasteiger charge is 2.11. The van der Waals surface area contributed by atoms with Crippen LogP contribution in [0.3, 0.4) is 0 Å². The first-order valence-electron chi connectivity index (χ1n) is 3.52. The standard InChI is InChI=1S/C7H13N3O2/c1-3-4-9-5(2)6(11)10-7(8)12/h3,5,9H,1,4H2,2H3,(H3,8,10,11,12). The fraction of sp³-hybridized carbons (Fsp3) is 0.429. The smallest absolute Gasteiger partial charge is 0.318 e. The highest BCUT2D eigenvalue weighted by molar-refractivity contribution is 5.96. The Morgan fingerprint density at radius 1 is 1.67 bits per heavy atom. The molecule has 0 aromatic heterocycles. The minimum atomic E-state index is -0.841. The molecule has 12 heavy (non-hydrogen) atoms. The molecular formula is C7H13N3O2. The number of amides is 3. The summed E-state index contributed by atoms with van der Waals surface area (Å²) in [4.78, 5) is 21.2. The number of carbonyl (C=O) groups is 2. The van der Waals surface area contributed by atoms with Gasteiger partial charge in [0, 0.05) is 6.54 Å². The summed E-state index contributed by atoms with van der Waals surface area (Å²) in [6, 6.07) is -1.29. The molecule has 68 valence electrons. The van der Waals surface area contributed by atoms with Gasteiger partial charge in [-0.15, -0.1) is 6.58 Å². The zero-order chi connectivity index (χ0) is 9.56. The second-order valence-electron chi connectivity index (χ2n) is 2.27. The van der Waals surface area contributed by atoms with Crippen molar-refractivity contribution in [1.29, 1.82) is 0 Å². The van der Waals surface area contributed by atoms with E-state index in [9.17, 15) is 9.59 Å². The summed E-state index contributed by atoms with van der Waals surface area (Å²) in [7, 11) is 0. The van der Waals surface area contributed by atoms with Gasteiger partial charge in [0.05, 0.1) is 6.04 Å². The summed E-state index contributed by atoms with van der Waals surface area (Å²) in [5, 5.41) is 4.75. The molecule has 0 fully saturated rings. The molecular weight excluding hydrogens is 158 g/mol. The summed E-state index contributed by atoms with van der Waals surface area (Å²) < 4.78 is 0. The highest BCUT2D eigenvalue weighted by Crippen LogP contribution is 1.80. The van der Waals surface area contributed by atoms with Crippen molar-refractivity contribution in [2.75, 3.05) is 6.54 Å². The molecule has 0 bridgehead atoms. The van der Waals surface area contributed by atoms with Crippen molar-refractivity contribution in [3.63, 3.8) is 0 Å². The number of nitrogens with two attached hydrogens (primary N) is 1. The second kappa shape index (κ2) is 5.31. The molecule has 5 nitrogen and oxygen atoms in total. The highest BCUT2D eigenvalue weighted by atomic mass is 16.2. The van der Waals surface area contributed by atoms with Crippen LogP contribution >= 0.6 is 0 Å². The number of carbonyl (C=O) groups excluding carboxylic acids is 2. The summed E-state index contributed by atoms with van der Waals surface area (Å²) >= 11 is 0. The largest absolute Gasteiger partial charge is 0.351 e. The molecule has 0 rings (SSSR count). The van der Waals surface area contributed by atoms with Gasteiger partial charge in [-0.05, 0) is 6.92 Å². The van der Waals surface area contributed by atoms with Crippen LogP contribution in [0.5, 0.6) is 0 Å². The van der Waals surface area contributed by atoms with Crippen LogP contribution < -0.4 is 16.4 Å². The Bertz CT molecular complexity index is 191. The first-order chi connectivity index (χ1) is 5.57. The van der Waals surface area contributed by atoms with Crippen LogP contribution in [0.4, 0.5) is 4.79 Å². The van der Waals surface area contributed by atoms with E-state index in [0.717, 1.165) is 0 Å². The van der Waals surface area contributed by atoms with Gasteiger partial charge in [0.25, 0.3) is 0 Å². The van der Waals surface area contributed by atoms with Crippen molar-refractivity contribution < 1.29 is 9.59 Å². The van der Waals surface area contributed by atoms with Gasteiger partial charge in [-0.1, -0.05) is 6.08 Å². The van der Waals surface area contributed by atoms with Crippen LogP contribution in [-0.4, -0.2) is 24.5 Å². The van der Waals surface area contributed by atoms with Gasteiger partial charge < -0.3 is 11.1 Å². The summed E-state index contributed by atoms with van der Waals surface area (Å²) in [6.45, 7) is 5.60. The predicted molar refractivity (Wildman–Crippen MR) is 45.4 cm³/mol. The van der Waals surface area contributed by atoms with Crippen LogP contribution in [0.15, 0.2) is 12.7 Å². The molecule has 4 N–H and O–H groups in total. The Balaban J connectivity index is 3.76. The first kappa shape index (κ1) is 10.6. The third-order valence-electron chi connectivity index (χ3n) is 1.21. The maximum atomic E-state index is 11.0. The minimum Gasteiger partial charge on any atom is -0.351 e. The van der Waals surface area contributed by atoms with Crippen LogP contribution in [0.2, 0.25) is 0 Å². The third kappa shape index (κ3) is 4.45. The average Bonchev–Trinajstić information content (AvgIpc) is 1.98. The van der Waals surface area contributed by atoms with Crippen molar-refractivity contribution in [3.05, 3.63) is 12.7 Å². The zero-order valence-corrected chi connectivity index (χ0v) is 6.96. The second-order valence-corrected chi connectivity index (χ2v) is 2.27. The van der Waals surface area contributed by atoms with Crippen LogP contribution in [0.25, 0.3) is 0 Å². The van der Waals surface area contributed by atoms with Crippen molar-refractivity contribution >= 4 is 11.9 Å². The lowest BCUT2D eigenvalue weighted by Crippen LogP contribution is -2.46. The van der Waals surface area contributed by atoms with E-state index in [1.54, 1.807) is 13.0 Å². The van der Waals surface area contributed by atoms with Crippen LogP contribution in [0, 0.1) is 0 Å². The number of rotatable bonds is 4. The molecule has 1 atom stereocenters. The van der Waals surface area contributed by atoms with Gasteiger partial charge in [0.15, 0.2) is 0 Å². The lowest BCUT2D eigenvalue weighted by molar-refractivity contribution is -0.121. The van der Waals surface area contributed by atoms with Gasteiger partial charge in [-0.3, -0.25) is 10.1 Å². The molecule has 0 spiro atoms. The normalized spacial score (nSPS) is 11.8. The predicted octanol–water partition coefficient (Wildman–Crippen LogP) is -0.655. The van der Waals surface area contributed by atoms with Crippen LogP contribution in [-0.2, 0) is 4.79 Å². The van der Waals surface area contributed by atoms with Crippen molar-refractivity contribution in [3.8, 4) is 0 Å². The van der Waals surface area contributed by atoms with Crippen LogP contribution in [0.1, 0.15) is 6.92 Å². The van der Waals surface area contributed by atoms with Gasteiger partial charge in [0.1, 0.15) is 0 Å². The van der Waals surface area contributed by atoms with Crippen molar-refractivity contribution in [2.45, 2.75) is 13.0 Å². The Kier molecular flexibility index (Phi) is 4.71. The molecule has 0 aliphatic heterocycles. The molecule has 3 amide bonds. The Hall–Kier alpha value is -1.36. The molecule has 1 unspecified atom stereocenters. The number of nitrogens with one attached hydrogen (secondary N) is 2. The monoisotopic (exact) mass is 171 g/mol. The fourth-order valence-corrected chi connectivity index (χ4v) is 0.582. The van der Waals surface area contributed by atoms with E-state index in [1.165, 1.54) is 0 Å². The summed E-state index contributed by atoms with van der Waals surface area (Å²) in [6.07, 6.45) is 1.62. The number of urea groups is 1. The maximum Gasteiger partial charge on any atom is 0.318 e. The minimum absolute atomic E-state index is 0.440. The lowest BCUT2D eigenvalue weighted by Gasteiger charge is -2.09. The molecule has 0 heterocycles. The van der Waals surface area contributed by atoms with Crippen molar-refractivity contribution in [2.24, 2.45) is 5.73 Å². The molecule has 5 heteroatoms. The Morgan fingerprint density at radius 2 is 2.25 bits per heavy atom. The van der Waals surface area contributed by atoms with Gasteiger partial charge in [-0.2, -0.15) is 0 Å². The van der Waals surface area contributed by atoms with E-state index in [1.807, 2.05) is 5.32 Å². The fourth-order valence-electron chi connectivity index (χ4n) is 0.582. The molecule has 0 aliphatic carbocycles. The number of imide groups is 1. The van der Waals surface area contributed by atoms with E-state index in [4.69, 9.17) is 5.73 Å². The molecule has 0 aromatic rings. The van der Waals surface area contributed by atoms with E-state index >= 15 is 0 Å². The first-order valence-corrected chi connectivity index (χ1v) is 3.52. The zero-order valence-electron chi connectivity index (χ0n) is 6.96. The lowest BCUT2D eigenvalue weighted by atomic mass is 10.3. The van der Waals surface area contributed by atoms with Gasteiger partial charge >= 0.3 is 6.03 Å². The number of hydrogen-bond acceptors (Lipinski definition) is 3. The Labute approximate surface area is 71.0 Å². The molecule has 0 radical (unpaired) electrons. The maximum absolute atomic E-state index is 11.0. The molecule has 0 saturated heterocycles. The number of primary amides is 1. The summed E-state index contributed by atoms with van der Waals surface area (Å²) in [5.41, 5.74) is 4.74. The van der Waals surface area contributed by atoms with Crippen molar-refractivity contribution in [1.82, 2.24) is 10.6 Å². The van der Waals surface area contributed by atoms with E-state index in [2.05, 4.69) is 11.9 Å². The topological polar surface area (TPSA) is 84.2 Å². The quantitative estimate of drug-likeness (QED) is 0.491. The van der Waals surface area contributed by atoms with Gasteiger partial charge in [0.2, 0.25) is 5.91 Å². The molecule has 0 saturated carbocycles. The van der Waals surface area contributed by atoms with E-state index in [-0.39, 0.29) is 0 Å². The molecule has 0 aliphatic rings. The SMILES string of the molecule is C=CCNC(C)C(=O)NC(N)=O. The average molecular weight is 171 g/mol.